The number of hydrogen-bond acceptors (Lipinski definition) is 6. The zero-order valence-electron chi connectivity index (χ0n) is 13.2. The first-order chi connectivity index (χ1) is 11.8. The molecule has 0 spiro atoms. The summed E-state index contributed by atoms with van der Waals surface area (Å²) in [6, 6.07) is 1.91. The summed E-state index contributed by atoms with van der Waals surface area (Å²) in [6.45, 7) is 2.68. The van der Waals surface area contributed by atoms with E-state index in [0.717, 1.165) is 12.1 Å². The first kappa shape index (κ1) is 17.5. The SMILES string of the molecule is COCCn1c(C)nnc1Nc1nc2cc(C(F)(F)F)c(Cl)cc2o1. The van der Waals surface area contributed by atoms with Crippen LogP contribution in [0.3, 0.4) is 0 Å². The van der Waals surface area contributed by atoms with Gasteiger partial charge >= 0.3 is 12.2 Å². The van der Waals surface area contributed by atoms with Gasteiger partial charge in [-0.15, -0.1) is 10.2 Å². The Morgan fingerprint density at radius 1 is 1.32 bits per heavy atom. The van der Waals surface area contributed by atoms with E-state index >= 15 is 0 Å². The molecule has 0 amide bonds. The smallest absolute Gasteiger partial charge is 0.417 e. The minimum Gasteiger partial charge on any atom is -0.423 e. The summed E-state index contributed by atoms with van der Waals surface area (Å²) in [5.74, 6) is 0.973. The van der Waals surface area contributed by atoms with Gasteiger partial charge in [0.2, 0.25) is 5.95 Å². The molecule has 1 aromatic carbocycles. The van der Waals surface area contributed by atoms with E-state index in [-0.39, 0.29) is 17.1 Å². The molecule has 134 valence electrons. The van der Waals surface area contributed by atoms with Gasteiger partial charge in [0.05, 0.1) is 23.7 Å². The molecule has 25 heavy (non-hydrogen) atoms. The van der Waals surface area contributed by atoms with E-state index in [1.807, 2.05) is 0 Å². The molecule has 3 aromatic rings. The van der Waals surface area contributed by atoms with Crippen LogP contribution in [0.1, 0.15) is 11.4 Å². The molecule has 0 saturated heterocycles. The van der Waals surface area contributed by atoms with Crippen LogP contribution in [0.2, 0.25) is 5.02 Å². The molecule has 2 aromatic heterocycles. The summed E-state index contributed by atoms with van der Waals surface area (Å²) in [7, 11) is 1.57. The fraction of sp³-hybridized carbons (Fsp3) is 0.357. The Kier molecular flexibility index (Phi) is 4.56. The average molecular weight is 376 g/mol. The number of nitrogens with one attached hydrogen (secondary N) is 1. The predicted molar refractivity (Wildman–Crippen MR) is 83.9 cm³/mol. The summed E-state index contributed by atoms with van der Waals surface area (Å²) in [5.41, 5.74) is -0.820. The lowest BCUT2D eigenvalue weighted by atomic mass is 10.2. The van der Waals surface area contributed by atoms with E-state index in [4.69, 9.17) is 20.8 Å². The molecule has 7 nitrogen and oxygen atoms in total. The second-order valence-electron chi connectivity index (χ2n) is 5.16. The maximum atomic E-state index is 12.9. The highest BCUT2D eigenvalue weighted by Crippen LogP contribution is 2.37. The number of benzene rings is 1. The van der Waals surface area contributed by atoms with Crippen LogP contribution in [-0.4, -0.2) is 33.5 Å². The third-order valence-corrected chi connectivity index (χ3v) is 3.77. The molecule has 0 saturated carbocycles. The average Bonchev–Trinajstić information content (AvgIpc) is 3.07. The lowest BCUT2D eigenvalue weighted by molar-refractivity contribution is -0.137. The van der Waals surface area contributed by atoms with Crippen LogP contribution in [0.4, 0.5) is 25.1 Å². The summed E-state index contributed by atoms with van der Waals surface area (Å²) in [4.78, 5) is 4.01. The summed E-state index contributed by atoms with van der Waals surface area (Å²) >= 11 is 5.67. The van der Waals surface area contributed by atoms with Gasteiger partial charge < -0.3 is 9.15 Å². The van der Waals surface area contributed by atoms with E-state index < -0.39 is 16.8 Å². The summed E-state index contributed by atoms with van der Waals surface area (Å²) in [5, 5.41) is 10.2. The topological polar surface area (TPSA) is 78.0 Å². The number of nitrogens with zero attached hydrogens (tertiary/aromatic N) is 4. The van der Waals surface area contributed by atoms with Crippen molar-refractivity contribution in [2.45, 2.75) is 19.6 Å². The number of methoxy groups -OCH3 is 1. The van der Waals surface area contributed by atoms with Crippen molar-refractivity contribution in [1.82, 2.24) is 19.7 Å². The fourth-order valence-electron chi connectivity index (χ4n) is 2.24. The number of aryl methyl sites for hydroxylation is 1. The Morgan fingerprint density at radius 3 is 2.76 bits per heavy atom. The lowest BCUT2D eigenvalue weighted by Crippen LogP contribution is -2.09. The predicted octanol–water partition coefficient (Wildman–Crippen LogP) is 3.79. The van der Waals surface area contributed by atoms with E-state index in [1.165, 1.54) is 0 Å². The Labute approximate surface area is 144 Å². The van der Waals surface area contributed by atoms with Crippen molar-refractivity contribution in [3.05, 3.63) is 28.5 Å². The molecule has 0 aliphatic heterocycles. The maximum absolute atomic E-state index is 12.9. The number of oxazole rings is 1. The van der Waals surface area contributed by atoms with Crippen LogP contribution in [0.5, 0.6) is 0 Å². The van der Waals surface area contributed by atoms with E-state index in [9.17, 15) is 13.2 Å². The van der Waals surface area contributed by atoms with Crippen LogP contribution in [-0.2, 0) is 17.5 Å². The monoisotopic (exact) mass is 375 g/mol. The molecule has 11 heteroatoms. The highest BCUT2D eigenvalue weighted by molar-refractivity contribution is 6.32. The minimum absolute atomic E-state index is 0.0172. The van der Waals surface area contributed by atoms with Gasteiger partial charge in [0, 0.05) is 13.2 Å². The molecule has 3 rings (SSSR count). The summed E-state index contributed by atoms with van der Waals surface area (Å²) < 4.78 is 50.9. The van der Waals surface area contributed by atoms with Gasteiger partial charge in [-0.3, -0.25) is 9.88 Å². The minimum atomic E-state index is -4.57. The molecule has 1 N–H and O–H groups in total. The highest BCUT2D eigenvalue weighted by atomic mass is 35.5. The van der Waals surface area contributed by atoms with Gasteiger partial charge in [-0.2, -0.15) is 18.2 Å². The molecule has 0 aliphatic carbocycles. The van der Waals surface area contributed by atoms with Crippen molar-refractivity contribution in [2.24, 2.45) is 0 Å². The number of anilines is 2. The fourth-order valence-corrected chi connectivity index (χ4v) is 2.50. The van der Waals surface area contributed by atoms with Crippen molar-refractivity contribution < 1.29 is 22.3 Å². The van der Waals surface area contributed by atoms with Crippen molar-refractivity contribution in [3.8, 4) is 0 Å². The van der Waals surface area contributed by atoms with Gasteiger partial charge in [-0.1, -0.05) is 11.6 Å². The largest absolute Gasteiger partial charge is 0.423 e. The molecule has 0 atom stereocenters. The van der Waals surface area contributed by atoms with Gasteiger partial charge in [0.1, 0.15) is 11.3 Å². The molecular formula is C14H13ClF3N5O2. The number of rotatable bonds is 5. The molecule has 0 aliphatic rings. The van der Waals surface area contributed by atoms with Gasteiger partial charge in [-0.05, 0) is 13.0 Å². The Bertz CT molecular complexity index is 906. The van der Waals surface area contributed by atoms with Crippen molar-refractivity contribution in [3.63, 3.8) is 0 Å². The van der Waals surface area contributed by atoms with Gasteiger partial charge in [0.25, 0.3) is 0 Å². The van der Waals surface area contributed by atoms with Crippen molar-refractivity contribution in [2.75, 3.05) is 19.0 Å². The molecule has 0 fully saturated rings. The first-order valence-electron chi connectivity index (χ1n) is 7.12. The van der Waals surface area contributed by atoms with Gasteiger partial charge in [-0.25, -0.2) is 0 Å². The number of hydrogen-bond donors (Lipinski definition) is 1. The Morgan fingerprint density at radius 2 is 2.08 bits per heavy atom. The zero-order valence-corrected chi connectivity index (χ0v) is 13.9. The van der Waals surface area contributed by atoms with Crippen LogP contribution < -0.4 is 5.32 Å². The van der Waals surface area contributed by atoms with Crippen LogP contribution in [0.15, 0.2) is 16.5 Å². The summed E-state index contributed by atoms with van der Waals surface area (Å²) in [6.07, 6.45) is -4.57. The third kappa shape index (κ3) is 3.54. The Hall–Kier alpha value is -2.33. The number of ether oxygens (including phenoxy) is 1. The van der Waals surface area contributed by atoms with Crippen LogP contribution in [0, 0.1) is 6.92 Å². The number of fused-ring (bicyclic) bond motifs is 1. The lowest BCUT2D eigenvalue weighted by Gasteiger charge is -2.07. The molecular weight excluding hydrogens is 363 g/mol. The number of halogens is 4. The van der Waals surface area contributed by atoms with Crippen LogP contribution in [0.25, 0.3) is 11.1 Å². The second kappa shape index (κ2) is 6.52. The number of aromatic nitrogens is 4. The zero-order chi connectivity index (χ0) is 18.2. The van der Waals surface area contributed by atoms with Crippen molar-refractivity contribution >= 4 is 34.7 Å². The van der Waals surface area contributed by atoms with Crippen LogP contribution >= 0.6 is 11.6 Å². The van der Waals surface area contributed by atoms with Crippen molar-refractivity contribution in [1.29, 1.82) is 0 Å². The molecule has 0 radical (unpaired) electrons. The standard InChI is InChI=1S/C14H13ClF3N5O2/c1-7-21-22-12(23(7)3-4-24-2)20-13-19-10-5-8(14(16,17)18)9(15)6-11(10)25-13/h5-6H,3-4H2,1-2H3,(H,19,20,22). The highest BCUT2D eigenvalue weighted by Gasteiger charge is 2.34. The van der Waals surface area contributed by atoms with Gasteiger partial charge in [0.15, 0.2) is 5.58 Å². The number of alkyl halides is 3. The van der Waals surface area contributed by atoms with E-state index in [0.29, 0.717) is 24.9 Å². The maximum Gasteiger partial charge on any atom is 0.417 e. The normalized spacial score (nSPS) is 12.1. The third-order valence-electron chi connectivity index (χ3n) is 3.46. The molecule has 0 bridgehead atoms. The first-order valence-corrected chi connectivity index (χ1v) is 7.50. The Balaban J connectivity index is 1.93. The van der Waals surface area contributed by atoms with E-state index in [1.54, 1.807) is 18.6 Å². The molecule has 2 heterocycles. The quantitative estimate of drug-likeness (QED) is 0.731. The van der Waals surface area contributed by atoms with E-state index in [2.05, 4.69) is 20.5 Å². The molecule has 0 unspecified atom stereocenters. The second-order valence-corrected chi connectivity index (χ2v) is 5.56.